The maximum Gasteiger partial charge on any atom is 0.0825 e. The predicted molar refractivity (Wildman–Crippen MR) is 77.0 cm³/mol. The van der Waals surface area contributed by atoms with Gasteiger partial charge >= 0.3 is 0 Å². The Labute approximate surface area is 118 Å². The summed E-state index contributed by atoms with van der Waals surface area (Å²) in [7, 11) is 1.74. The molecule has 18 heavy (non-hydrogen) atoms. The quantitative estimate of drug-likeness (QED) is 0.847. The van der Waals surface area contributed by atoms with E-state index < -0.39 is 0 Å². The third-order valence-corrected chi connectivity index (χ3v) is 4.06. The van der Waals surface area contributed by atoms with Crippen molar-refractivity contribution < 1.29 is 4.74 Å². The fraction of sp³-hybridized carbons (Fsp3) is 0.538. The lowest BCUT2D eigenvalue weighted by molar-refractivity contribution is 0.144. The summed E-state index contributed by atoms with van der Waals surface area (Å²) in [6.45, 7) is 5.80. The molecule has 0 N–H and O–H groups in total. The molecule has 0 radical (unpaired) electrons. The van der Waals surface area contributed by atoms with Crippen LogP contribution in [-0.2, 0) is 4.74 Å². The summed E-state index contributed by atoms with van der Waals surface area (Å²) < 4.78 is 5.10. The summed E-state index contributed by atoms with van der Waals surface area (Å²) in [6, 6.07) is 5.79. The lowest BCUT2D eigenvalue weighted by Crippen LogP contribution is -2.47. The first kappa shape index (κ1) is 13.9. The van der Waals surface area contributed by atoms with Crippen molar-refractivity contribution >= 4 is 28.9 Å². The molecule has 2 rings (SSSR count). The van der Waals surface area contributed by atoms with Crippen molar-refractivity contribution in [2.24, 2.45) is 0 Å². The molecule has 1 fully saturated rings. The standard InChI is InChI=1S/C13H18Cl2N2O/c1-18-10-9-16-5-7-17(8-6-16)12-4-2-3-11(14)13(12)15/h2-4H,5-10H2,1H3. The van der Waals surface area contributed by atoms with Crippen LogP contribution in [0.5, 0.6) is 0 Å². The average Bonchev–Trinajstić information content (AvgIpc) is 2.40. The fourth-order valence-electron chi connectivity index (χ4n) is 2.17. The number of piperazine rings is 1. The van der Waals surface area contributed by atoms with E-state index in [1.807, 2.05) is 18.2 Å². The lowest BCUT2D eigenvalue weighted by atomic mass is 10.2. The molecule has 1 saturated heterocycles. The van der Waals surface area contributed by atoms with Crippen LogP contribution >= 0.6 is 23.2 Å². The van der Waals surface area contributed by atoms with Crippen LogP contribution in [0.2, 0.25) is 10.0 Å². The molecule has 100 valence electrons. The number of benzene rings is 1. The highest BCUT2D eigenvalue weighted by molar-refractivity contribution is 6.43. The van der Waals surface area contributed by atoms with Crippen LogP contribution in [0.15, 0.2) is 18.2 Å². The van der Waals surface area contributed by atoms with Gasteiger partial charge in [-0.3, -0.25) is 4.90 Å². The number of nitrogens with zero attached hydrogens (tertiary/aromatic N) is 2. The van der Waals surface area contributed by atoms with Crippen molar-refractivity contribution in [3.05, 3.63) is 28.2 Å². The average molecular weight is 289 g/mol. The zero-order chi connectivity index (χ0) is 13.0. The highest BCUT2D eigenvalue weighted by Gasteiger charge is 2.19. The minimum Gasteiger partial charge on any atom is -0.383 e. The molecule has 0 unspecified atom stereocenters. The van der Waals surface area contributed by atoms with E-state index in [0.717, 1.165) is 45.0 Å². The van der Waals surface area contributed by atoms with Gasteiger partial charge in [0.2, 0.25) is 0 Å². The Hall–Kier alpha value is -0.480. The van der Waals surface area contributed by atoms with E-state index in [9.17, 15) is 0 Å². The summed E-state index contributed by atoms with van der Waals surface area (Å²) >= 11 is 12.3. The fourth-order valence-corrected chi connectivity index (χ4v) is 2.58. The van der Waals surface area contributed by atoms with E-state index in [0.29, 0.717) is 10.0 Å². The lowest BCUT2D eigenvalue weighted by Gasteiger charge is -2.36. The summed E-state index contributed by atoms with van der Waals surface area (Å²) in [6.07, 6.45) is 0. The van der Waals surface area contributed by atoms with Crippen molar-refractivity contribution in [1.82, 2.24) is 4.90 Å². The van der Waals surface area contributed by atoms with Gasteiger partial charge in [0.1, 0.15) is 0 Å². The van der Waals surface area contributed by atoms with Gasteiger partial charge in [0.15, 0.2) is 0 Å². The van der Waals surface area contributed by atoms with Gasteiger partial charge in [-0.2, -0.15) is 0 Å². The molecular formula is C13H18Cl2N2O. The normalized spacial score (nSPS) is 17.2. The number of rotatable bonds is 4. The number of hydrogen-bond donors (Lipinski definition) is 0. The first-order valence-electron chi connectivity index (χ1n) is 6.12. The summed E-state index contributed by atoms with van der Waals surface area (Å²) in [5.74, 6) is 0. The number of hydrogen-bond acceptors (Lipinski definition) is 3. The third-order valence-electron chi connectivity index (χ3n) is 3.26. The Balaban J connectivity index is 1.95. The first-order chi connectivity index (χ1) is 8.72. The second-order valence-corrected chi connectivity index (χ2v) is 5.18. The van der Waals surface area contributed by atoms with Crippen LogP contribution < -0.4 is 4.90 Å². The molecule has 0 spiro atoms. The molecule has 1 aromatic rings. The van der Waals surface area contributed by atoms with Crippen molar-refractivity contribution in [3.63, 3.8) is 0 Å². The second kappa shape index (κ2) is 6.62. The van der Waals surface area contributed by atoms with E-state index >= 15 is 0 Å². The largest absolute Gasteiger partial charge is 0.383 e. The second-order valence-electron chi connectivity index (χ2n) is 4.39. The SMILES string of the molecule is COCCN1CCN(c2cccc(Cl)c2Cl)CC1. The van der Waals surface area contributed by atoms with Crippen molar-refractivity contribution in [2.45, 2.75) is 0 Å². The molecule has 0 aromatic heterocycles. The molecule has 0 amide bonds. The van der Waals surface area contributed by atoms with Crippen LogP contribution in [0, 0.1) is 0 Å². The molecule has 1 heterocycles. The summed E-state index contributed by atoms with van der Waals surface area (Å²) in [5, 5.41) is 1.28. The highest BCUT2D eigenvalue weighted by atomic mass is 35.5. The van der Waals surface area contributed by atoms with Crippen molar-refractivity contribution in [2.75, 3.05) is 51.3 Å². The minimum absolute atomic E-state index is 0.621. The molecule has 1 aromatic carbocycles. The van der Waals surface area contributed by atoms with Gasteiger partial charge in [-0.25, -0.2) is 0 Å². The topological polar surface area (TPSA) is 15.7 Å². The van der Waals surface area contributed by atoms with Crippen LogP contribution in [0.3, 0.4) is 0 Å². The molecule has 0 bridgehead atoms. The molecule has 1 aliphatic rings. The van der Waals surface area contributed by atoms with Gasteiger partial charge in [-0.15, -0.1) is 0 Å². The number of anilines is 1. The Morgan fingerprint density at radius 1 is 1.17 bits per heavy atom. The molecule has 3 nitrogen and oxygen atoms in total. The summed E-state index contributed by atoms with van der Waals surface area (Å²) in [5.41, 5.74) is 1.04. The smallest absolute Gasteiger partial charge is 0.0825 e. The van der Waals surface area contributed by atoms with Gasteiger partial charge in [0.25, 0.3) is 0 Å². The molecule has 0 saturated carbocycles. The molecule has 1 aliphatic heterocycles. The van der Waals surface area contributed by atoms with Crippen LogP contribution in [0.25, 0.3) is 0 Å². The Morgan fingerprint density at radius 3 is 2.56 bits per heavy atom. The van der Waals surface area contributed by atoms with E-state index in [2.05, 4.69) is 9.80 Å². The number of ether oxygens (including phenoxy) is 1. The Morgan fingerprint density at radius 2 is 1.89 bits per heavy atom. The number of halogens is 2. The summed E-state index contributed by atoms with van der Waals surface area (Å²) in [4.78, 5) is 4.69. The van der Waals surface area contributed by atoms with Crippen LogP contribution in [-0.4, -0.2) is 51.3 Å². The molecule has 0 atom stereocenters. The molecular weight excluding hydrogens is 271 g/mol. The van der Waals surface area contributed by atoms with Crippen LogP contribution in [0.1, 0.15) is 0 Å². The predicted octanol–water partition coefficient (Wildman–Crippen LogP) is 2.76. The van der Waals surface area contributed by atoms with E-state index in [1.54, 1.807) is 7.11 Å². The molecule has 0 aliphatic carbocycles. The van der Waals surface area contributed by atoms with Gasteiger partial charge < -0.3 is 9.64 Å². The Bertz CT molecular complexity index is 393. The Kier molecular flexibility index (Phi) is 5.13. The highest BCUT2D eigenvalue weighted by Crippen LogP contribution is 2.32. The molecule has 5 heteroatoms. The van der Waals surface area contributed by atoms with Gasteiger partial charge in [-0.05, 0) is 12.1 Å². The van der Waals surface area contributed by atoms with Gasteiger partial charge in [0, 0.05) is 39.8 Å². The van der Waals surface area contributed by atoms with E-state index in [1.165, 1.54) is 0 Å². The minimum atomic E-state index is 0.621. The van der Waals surface area contributed by atoms with Crippen molar-refractivity contribution in [3.8, 4) is 0 Å². The zero-order valence-electron chi connectivity index (χ0n) is 10.5. The van der Waals surface area contributed by atoms with Gasteiger partial charge in [-0.1, -0.05) is 29.3 Å². The number of methoxy groups -OCH3 is 1. The third kappa shape index (κ3) is 3.29. The maximum absolute atomic E-state index is 6.24. The van der Waals surface area contributed by atoms with Crippen LogP contribution in [0.4, 0.5) is 5.69 Å². The monoisotopic (exact) mass is 288 g/mol. The zero-order valence-corrected chi connectivity index (χ0v) is 12.0. The first-order valence-corrected chi connectivity index (χ1v) is 6.88. The van der Waals surface area contributed by atoms with E-state index in [-0.39, 0.29) is 0 Å². The maximum atomic E-state index is 6.24. The van der Waals surface area contributed by atoms with Crippen molar-refractivity contribution in [1.29, 1.82) is 0 Å². The van der Waals surface area contributed by atoms with Gasteiger partial charge in [0.05, 0.1) is 22.3 Å². The van der Waals surface area contributed by atoms with E-state index in [4.69, 9.17) is 27.9 Å².